The number of methoxy groups -OCH3 is 1. The van der Waals surface area contributed by atoms with Gasteiger partial charge in [-0.05, 0) is 19.1 Å². The van der Waals surface area contributed by atoms with Crippen LogP contribution in [-0.2, 0) is 11.8 Å². The Bertz CT molecular complexity index is 604. The number of nitrogens with two attached hydrogens (primary N) is 1. The Kier molecular flexibility index (Phi) is 3.01. The number of aromatic nitrogens is 3. The van der Waals surface area contributed by atoms with E-state index in [2.05, 4.69) is 10.1 Å². The Morgan fingerprint density at radius 2 is 2.17 bits per heavy atom. The first-order chi connectivity index (χ1) is 8.54. The number of carbonyl (C=O) groups excluding carboxylic acids is 1. The molecule has 0 aromatic carbocycles. The molecule has 2 aromatic rings. The van der Waals surface area contributed by atoms with Crippen LogP contribution in [0.25, 0.3) is 11.3 Å². The van der Waals surface area contributed by atoms with Crippen LogP contribution in [-0.4, -0.2) is 27.8 Å². The summed E-state index contributed by atoms with van der Waals surface area (Å²) >= 11 is 0. The van der Waals surface area contributed by atoms with Gasteiger partial charge in [0.05, 0.1) is 35.9 Å². The maximum atomic E-state index is 11.7. The zero-order valence-corrected chi connectivity index (χ0v) is 10.5. The quantitative estimate of drug-likeness (QED) is 0.804. The van der Waals surface area contributed by atoms with E-state index in [1.165, 1.54) is 11.8 Å². The van der Waals surface area contributed by atoms with E-state index in [-0.39, 0.29) is 0 Å². The Morgan fingerprint density at radius 1 is 1.44 bits per heavy atom. The fraction of sp³-hybridized carbons (Fsp3) is 0.250. The van der Waals surface area contributed by atoms with E-state index in [1.807, 2.05) is 6.92 Å². The topological polar surface area (TPSA) is 83.0 Å². The van der Waals surface area contributed by atoms with Crippen LogP contribution in [0.4, 0.5) is 5.69 Å². The lowest BCUT2D eigenvalue weighted by atomic mass is 10.1. The zero-order valence-electron chi connectivity index (χ0n) is 10.5. The predicted molar refractivity (Wildman–Crippen MR) is 66.9 cm³/mol. The summed E-state index contributed by atoms with van der Waals surface area (Å²) < 4.78 is 6.21. The first-order valence-corrected chi connectivity index (χ1v) is 5.38. The number of ether oxygens (including phenoxy) is 1. The number of esters is 1. The number of carbonyl (C=O) groups is 1. The van der Waals surface area contributed by atoms with Gasteiger partial charge in [0, 0.05) is 7.05 Å². The minimum atomic E-state index is -0.443. The van der Waals surface area contributed by atoms with Crippen molar-refractivity contribution in [2.45, 2.75) is 6.92 Å². The maximum absolute atomic E-state index is 11.7. The van der Waals surface area contributed by atoms with Gasteiger partial charge in [0.1, 0.15) is 0 Å². The lowest BCUT2D eigenvalue weighted by Gasteiger charge is -2.05. The molecule has 0 amide bonds. The molecule has 0 atom stereocenters. The molecule has 6 heteroatoms. The first-order valence-electron chi connectivity index (χ1n) is 5.38. The molecule has 0 aliphatic rings. The summed E-state index contributed by atoms with van der Waals surface area (Å²) in [7, 11) is 3.01. The SMILES string of the molecule is COC(=O)c1c(-c2ccc(N)c(C)n2)cnn1C. The molecule has 94 valence electrons. The third-order valence-corrected chi connectivity index (χ3v) is 2.72. The number of aryl methyl sites for hydroxylation is 2. The molecule has 0 unspecified atom stereocenters. The number of anilines is 1. The van der Waals surface area contributed by atoms with Gasteiger partial charge in [0.15, 0.2) is 5.69 Å². The van der Waals surface area contributed by atoms with Gasteiger partial charge < -0.3 is 10.5 Å². The van der Waals surface area contributed by atoms with Crippen molar-refractivity contribution >= 4 is 11.7 Å². The van der Waals surface area contributed by atoms with Gasteiger partial charge in [0.25, 0.3) is 0 Å². The highest BCUT2D eigenvalue weighted by molar-refractivity contribution is 5.94. The molecule has 18 heavy (non-hydrogen) atoms. The average Bonchev–Trinajstić information content (AvgIpc) is 2.74. The van der Waals surface area contributed by atoms with Crippen LogP contribution < -0.4 is 5.73 Å². The number of nitrogens with zero attached hydrogens (tertiary/aromatic N) is 3. The molecule has 6 nitrogen and oxygen atoms in total. The molecule has 2 rings (SSSR count). The monoisotopic (exact) mass is 246 g/mol. The molecule has 0 spiro atoms. The molecule has 2 heterocycles. The summed E-state index contributed by atoms with van der Waals surface area (Å²) in [6.45, 7) is 1.81. The van der Waals surface area contributed by atoms with Crippen LogP contribution >= 0.6 is 0 Å². The molecular weight excluding hydrogens is 232 g/mol. The van der Waals surface area contributed by atoms with Crippen molar-refractivity contribution in [3.8, 4) is 11.3 Å². The van der Waals surface area contributed by atoms with Crippen molar-refractivity contribution in [3.63, 3.8) is 0 Å². The summed E-state index contributed by atoms with van der Waals surface area (Å²) in [4.78, 5) is 16.1. The minimum Gasteiger partial charge on any atom is -0.464 e. The molecule has 2 N–H and O–H groups in total. The highest BCUT2D eigenvalue weighted by Gasteiger charge is 2.19. The van der Waals surface area contributed by atoms with Gasteiger partial charge in [-0.3, -0.25) is 9.67 Å². The van der Waals surface area contributed by atoms with Crippen molar-refractivity contribution in [1.29, 1.82) is 0 Å². The zero-order chi connectivity index (χ0) is 13.3. The first kappa shape index (κ1) is 12.1. The second-order valence-electron chi connectivity index (χ2n) is 3.89. The molecule has 0 saturated carbocycles. The van der Waals surface area contributed by atoms with Gasteiger partial charge in [-0.2, -0.15) is 5.10 Å². The molecule has 0 aliphatic carbocycles. The van der Waals surface area contributed by atoms with Crippen molar-refractivity contribution in [2.24, 2.45) is 7.05 Å². The van der Waals surface area contributed by atoms with Crippen LogP contribution in [0.1, 0.15) is 16.2 Å². The van der Waals surface area contributed by atoms with Crippen molar-refractivity contribution in [3.05, 3.63) is 29.7 Å². The number of nitrogen functional groups attached to an aromatic ring is 1. The van der Waals surface area contributed by atoms with E-state index in [4.69, 9.17) is 10.5 Å². The summed E-state index contributed by atoms with van der Waals surface area (Å²) in [6, 6.07) is 3.51. The van der Waals surface area contributed by atoms with Crippen LogP contribution in [0.3, 0.4) is 0 Å². The summed E-state index contributed by atoms with van der Waals surface area (Å²) in [5.41, 5.74) is 8.70. The lowest BCUT2D eigenvalue weighted by Crippen LogP contribution is -2.10. The second-order valence-corrected chi connectivity index (χ2v) is 3.89. The molecule has 0 fully saturated rings. The second kappa shape index (κ2) is 4.48. The summed E-state index contributed by atoms with van der Waals surface area (Å²) in [5.74, 6) is -0.443. The number of pyridine rings is 1. The van der Waals surface area contributed by atoms with Crippen LogP contribution in [0.5, 0.6) is 0 Å². The van der Waals surface area contributed by atoms with Crippen LogP contribution in [0, 0.1) is 6.92 Å². The number of hydrogen-bond acceptors (Lipinski definition) is 5. The fourth-order valence-corrected chi connectivity index (χ4v) is 1.69. The summed E-state index contributed by atoms with van der Waals surface area (Å²) in [6.07, 6.45) is 1.59. The summed E-state index contributed by atoms with van der Waals surface area (Å²) in [5, 5.41) is 4.06. The Labute approximate surface area is 104 Å². The van der Waals surface area contributed by atoms with Gasteiger partial charge in [-0.25, -0.2) is 4.79 Å². The van der Waals surface area contributed by atoms with Gasteiger partial charge in [0.2, 0.25) is 0 Å². The third kappa shape index (κ3) is 1.92. The molecule has 0 aliphatic heterocycles. The number of rotatable bonds is 2. The van der Waals surface area contributed by atoms with Crippen molar-refractivity contribution < 1.29 is 9.53 Å². The smallest absolute Gasteiger partial charge is 0.357 e. The average molecular weight is 246 g/mol. The van der Waals surface area contributed by atoms with E-state index in [1.54, 1.807) is 25.4 Å². The van der Waals surface area contributed by atoms with E-state index >= 15 is 0 Å². The molecule has 0 radical (unpaired) electrons. The highest BCUT2D eigenvalue weighted by atomic mass is 16.5. The highest BCUT2D eigenvalue weighted by Crippen LogP contribution is 2.23. The molecule has 0 saturated heterocycles. The maximum Gasteiger partial charge on any atom is 0.357 e. The predicted octanol–water partition coefficient (Wildman–Crippen LogP) is 1.16. The Hall–Kier alpha value is -2.37. The van der Waals surface area contributed by atoms with Crippen LogP contribution in [0.15, 0.2) is 18.3 Å². The van der Waals surface area contributed by atoms with E-state index in [9.17, 15) is 4.79 Å². The van der Waals surface area contributed by atoms with Crippen molar-refractivity contribution in [1.82, 2.24) is 14.8 Å². The van der Waals surface area contributed by atoms with Gasteiger partial charge >= 0.3 is 5.97 Å². The minimum absolute atomic E-state index is 0.370. The van der Waals surface area contributed by atoms with Gasteiger partial charge in [-0.15, -0.1) is 0 Å². The molecule has 0 bridgehead atoms. The number of hydrogen-bond donors (Lipinski definition) is 1. The molecular formula is C12H14N4O2. The third-order valence-electron chi connectivity index (χ3n) is 2.72. The van der Waals surface area contributed by atoms with E-state index in [0.717, 1.165) is 0 Å². The van der Waals surface area contributed by atoms with Crippen LogP contribution in [0.2, 0.25) is 0 Å². The molecule has 2 aromatic heterocycles. The Balaban J connectivity index is 2.57. The Morgan fingerprint density at radius 3 is 2.78 bits per heavy atom. The van der Waals surface area contributed by atoms with E-state index in [0.29, 0.717) is 28.3 Å². The standard InChI is InChI=1S/C12H14N4O2/c1-7-9(13)4-5-10(15-7)8-6-14-16(2)11(8)12(17)18-3/h4-6H,13H2,1-3H3. The van der Waals surface area contributed by atoms with Gasteiger partial charge in [-0.1, -0.05) is 0 Å². The largest absolute Gasteiger partial charge is 0.464 e. The normalized spacial score (nSPS) is 10.4. The fourth-order valence-electron chi connectivity index (χ4n) is 1.69. The van der Waals surface area contributed by atoms with Crippen molar-refractivity contribution in [2.75, 3.05) is 12.8 Å². The lowest BCUT2D eigenvalue weighted by molar-refractivity contribution is 0.0589. The van der Waals surface area contributed by atoms with E-state index < -0.39 is 5.97 Å².